The molecule has 0 amide bonds. The van der Waals surface area contributed by atoms with Crippen LogP contribution in [0.15, 0.2) is 306 Å². The van der Waals surface area contributed by atoms with E-state index in [1.807, 2.05) is 47.0 Å². The molecule has 4 nitrogen and oxygen atoms in total. The fourth-order valence-electron chi connectivity index (χ4n) is 13.1. The topological polar surface area (TPSA) is 13.0 Å². The van der Waals surface area contributed by atoms with Crippen molar-refractivity contribution < 1.29 is 0 Å². The van der Waals surface area contributed by atoms with Gasteiger partial charge in [0, 0.05) is 67.4 Å². The molecule has 0 atom stereocenters. The van der Waals surface area contributed by atoms with Crippen molar-refractivity contribution in [3.8, 4) is 44.5 Å². The summed E-state index contributed by atoms with van der Waals surface area (Å²) < 4.78 is 0. The molecule has 4 heterocycles. The smallest absolute Gasteiger partial charge is 0.0701 e. The summed E-state index contributed by atoms with van der Waals surface area (Å²) in [6, 6.07) is 100. The number of fused-ring (bicyclic) bond motifs is 8. The molecule has 0 saturated carbocycles. The van der Waals surface area contributed by atoms with Crippen molar-refractivity contribution in [3.05, 3.63) is 289 Å². The second kappa shape index (κ2) is 20.8. The van der Waals surface area contributed by atoms with Crippen molar-refractivity contribution >= 4 is 92.5 Å². The molecule has 12 aromatic carbocycles. The van der Waals surface area contributed by atoms with Gasteiger partial charge < -0.3 is 19.6 Å². The number of anilines is 8. The van der Waals surface area contributed by atoms with E-state index in [1.165, 1.54) is 151 Å². The lowest BCUT2D eigenvalue weighted by Crippen LogP contribution is -2.31. The molecule has 0 fully saturated rings. The van der Waals surface area contributed by atoms with Gasteiger partial charge in [-0.1, -0.05) is 217 Å². The van der Waals surface area contributed by atoms with Gasteiger partial charge in [-0.05, 0) is 164 Å². The molecule has 408 valence electrons. The first-order chi connectivity index (χ1) is 41.7. The summed E-state index contributed by atoms with van der Waals surface area (Å²) in [5.74, 6) is 0. The lowest BCUT2D eigenvalue weighted by molar-refractivity contribution is 0.745. The minimum atomic E-state index is -0.735. The van der Waals surface area contributed by atoms with Crippen LogP contribution in [0.5, 0.6) is 0 Å². The normalized spacial score (nSPS) is 13.6. The zero-order valence-electron chi connectivity index (χ0n) is 47.3. The van der Waals surface area contributed by atoms with E-state index in [4.69, 9.17) is 0 Å². The van der Waals surface area contributed by atoms with E-state index in [0.717, 1.165) is 0 Å². The first kappa shape index (κ1) is 51.8. The number of nitrogens with zero attached hydrogens (tertiary/aromatic N) is 4. The van der Waals surface area contributed by atoms with Crippen molar-refractivity contribution in [2.45, 2.75) is 44.6 Å². The summed E-state index contributed by atoms with van der Waals surface area (Å²) in [5.41, 5.74) is 23.4. The second-order valence-corrected chi connectivity index (χ2v) is 26.6. The number of hydrogen-bond acceptors (Lipinski definition) is 8. The number of benzene rings is 12. The molecule has 0 unspecified atom stereocenters. The summed E-state index contributed by atoms with van der Waals surface area (Å²) >= 11 is 7.41. The minimum absolute atomic E-state index is 0.735. The number of hydrogen-bond donors (Lipinski definition) is 0. The fraction of sp³-hybridized carbons (Fsp3) is 0.0649. The highest BCUT2D eigenvalue weighted by Gasteiger charge is 2.39. The van der Waals surface area contributed by atoms with E-state index in [2.05, 4.69) is 315 Å². The van der Waals surface area contributed by atoms with Crippen LogP contribution in [-0.2, 0) is 5.41 Å². The van der Waals surface area contributed by atoms with Gasteiger partial charge in [0.25, 0.3) is 0 Å². The van der Waals surface area contributed by atoms with Crippen molar-refractivity contribution in [1.29, 1.82) is 0 Å². The molecule has 16 rings (SSSR count). The van der Waals surface area contributed by atoms with Crippen molar-refractivity contribution in [2.24, 2.45) is 0 Å². The van der Waals surface area contributed by atoms with Gasteiger partial charge in [-0.3, -0.25) is 0 Å². The van der Waals surface area contributed by atoms with E-state index in [9.17, 15) is 0 Å². The van der Waals surface area contributed by atoms with Crippen LogP contribution in [0.2, 0.25) is 0 Å². The SMILES string of the molecule is CN1c2ccccc2Sc2cc(-c3ccc(C(c4ccc(-c5ccc6c(c5)Sc5ccccc5N6C)cc4)(c4ccc(-c5ccc6c(c5)Sc5ccccc5N6C)cc4)c4ccc(-c5ccc6c(c5)Sc5ccccc5N6C)cc4)cc3)ccc21. The maximum absolute atomic E-state index is 2.39. The van der Waals surface area contributed by atoms with Gasteiger partial charge in [0.2, 0.25) is 0 Å². The van der Waals surface area contributed by atoms with Crippen molar-refractivity contribution in [2.75, 3.05) is 47.8 Å². The molecule has 0 radical (unpaired) electrons. The second-order valence-electron chi connectivity index (χ2n) is 22.3. The van der Waals surface area contributed by atoms with Crippen LogP contribution >= 0.6 is 47.0 Å². The molecule has 4 aliphatic rings. The van der Waals surface area contributed by atoms with Gasteiger partial charge in [-0.25, -0.2) is 0 Å². The molecule has 0 aromatic heterocycles. The third-order valence-corrected chi connectivity index (χ3v) is 22.1. The highest BCUT2D eigenvalue weighted by atomic mass is 32.2. The Labute approximate surface area is 514 Å². The Balaban J connectivity index is 0.836. The predicted octanol–water partition coefficient (Wildman–Crippen LogP) is 21.7. The quantitative estimate of drug-likeness (QED) is 0.138. The lowest BCUT2D eigenvalue weighted by atomic mass is 9.64. The molecule has 0 spiro atoms. The predicted molar refractivity (Wildman–Crippen MR) is 361 cm³/mol. The van der Waals surface area contributed by atoms with Crippen LogP contribution in [0.3, 0.4) is 0 Å². The minimum Gasteiger partial charge on any atom is -0.343 e. The highest BCUT2D eigenvalue weighted by molar-refractivity contribution is 8.00. The van der Waals surface area contributed by atoms with Crippen LogP contribution in [0.25, 0.3) is 44.5 Å². The summed E-state index contributed by atoms with van der Waals surface area (Å²) in [5, 5.41) is 0. The molecule has 8 heteroatoms. The fourth-order valence-corrected chi connectivity index (χ4v) is 17.9. The zero-order chi connectivity index (χ0) is 56.9. The van der Waals surface area contributed by atoms with E-state index >= 15 is 0 Å². The Morgan fingerprint density at radius 1 is 0.200 bits per heavy atom. The maximum atomic E-state index is 2.39. The third kappa shape index (κ3) is 8.71. The van der Waals surface area contributed by atoms with Gasteiger partial charge >= 0.3 is 0 Å². The molecule has 0 saturated heterocycles. The third-order valence-electron chi connectivity index (χ3n) is 17.7. The molecule has 12 aromatic rings. The molecule has 85 heavy (non-hydrogen) atoms. The monoisotopic (exact) mass is 1160 g/mol. The first-order valence-corrected chi connectivity index (χ1v) is 32.0. The highest BCUT2D eigenvalue weighted by Crippen LogP contribution is 2.54. The van der Waals surface area contributed by atoms with Gasteiger partial charge in [0.15, 0.2) is 0 Å². The Morgan fingerprint density at radius 3 is 0.612 bits per heavy atom. The summed E-state index contributed by atoms with van der Waals surface area (Å²) in [4.78, 5) is 19.4. The Hall–Kier alpha value is -8.76. The van der Waals surface area contributed by atoms with Crippen LogP contribution in [0.4, 0.5) is 45.5 Å². The molecule has 4 aliphatic heterocycles. The van der Waals surface area contributed by atoms with Gasteiger partial charge in [-0.15, -0.1) is 0 Å². The van der Waals surface area contributed by atoms with Crippen LogP contribution < -0.4 is 19.6 Å². The summed E-state index contributed by atoms with van der Waals surface area (Å²) in [6.07, 6.45) is 0. The van der Waals surface area contributed by atoms with Crippen molar-refractivity contribution in [1.82, 2.24) is 0 Å². The summed E-state index contributed by atoms with van der Waals surface area (Å²) in [7, 11) is 8.70. The number of rotatable bonds is 8. The lowest BCUT2D eigenvalue weighted by Gasteiger charge is -2.37. The Kier molecular flexibility index (Phi) is 12.7. The van der Waals surface area contributed by atoms with Gasteiger partial charge in [-0.2, -0.15) is 0 Å². The Morgan fingerprint density at radius 2 is 0.388 bits per heavy atom. The van der Waals surface area contributed by atoms with Crippen molar-refractivity contribution in [3.63, 3.8) is 0 Å². The summed E-state index contributed by atoms with van der Waals surface area (Å²) in [6.45, 7) is 0. The molecule has 0 bridgehead atoms. The van der Waals surface area contributed by atoms with E-state index in [1.54, 1.807) is 0 Å². The average molecular weight is 1170 g/mol. The van der Waals surface area contributed by atoms with Gasteiger partial charge in [0.05, 0.1) is 50.9 Å². The molecular weight excluding hydrogens is 1110 g/mol. The van der Waals surface area contributed by atoms with E-state index in [0.29, 0.717) is 0 Å². The van der Waals surface area contributed by atoms with Crippen LogP contribution in [0, 0.1) is 0 Å². The molecule has 0 N–H and O–H groups in total. The van der Waals surface area contributed by atoms with E-state index in [-0.39, 0.29) is 0 Å². The van der Waals surface area contributed by atoms with E-state index < -0.39 is 5.41 Å². The molecule has 0 aliphatic carbocycles. The Bertz CT molecular complexity index is 4020. The van der Waals surface area contributed by atoms with Crippen LogP contribution in [0.1, 0.15) is 22.3 Å². The zero-order valence-corrected chi connectivity index (χ0v) is 50.6. The average Bonchev–Trinajstić information content (AvgIpc) is 3.62. The van der Waals surface area contributed by atoms with Gasteiger partial charge in [0.1, 0.15) is 0 Å². The number of para-hydroxylation sites is 4. The maximum Gasteiger partial charge on any atom is 0.0701 e. The molecular formula is C77H56N4S4. The standard InChI is InChI=1S/C77H56N4S4/c1-78-61-13-5-9-17-69(61)82-73-45-53(29-41-65(73)78)49-21-33-57(34-22-49)77(58-35-23-50(24-36-58)54-30-42-66-74(46-54)83-70-18-10-6-14-62(70)79(66)2,59-37-25-51(26-38-59)55-31-43-67-75(47-55)84-71-19-11-7-15-63(71)80(67)3)60-39-27-52(28-40-60)56-32-44-68-76(48-56)85-72-20-12-8-16-64(72)81(68)4/h5-48H,1-4H3. The first-order valence-electron chi connectivity index (χ1n) is 28.8. The largest absolute Gasteiger partial charge is 0.343 e. The van der Waals surface area contributed by atoms with Crippen LogP contribution in [-0.4, -0.2) is 28.2 Å².